The molecule has 0 aliphatic carbocycles. The molecule has 6 heteroatoms. The van der Waals surface area contributed by atoms with Crippen LogP contribution in [0.25, 0.3) is 5.78 Å². The maximum absolute atomic E-state index is 4.48. The van der Waals surface area contributed by atoms with Crippen molar-refractivity contribution < 1.29 is 0 Å². The summed E-state index contributed by atoms with van der Waals surface area (Å²) in [5.41, 5.74) is 2.40. The van der Waals surface area contributed by atoms with Gasteiger partial charge in [0.25, 0.3) is 5.78 Å². The van der Waals surface area contributed by atoms with Crippen LogP contribution >= 0.6 is 11.3 Å². The van der Waals surface area contributed by atoms with Crippen molar-refractivity contribution in [3.05, 3.63) is 39.5 Å². The summed E-state index contributed by atoms with van der Waals surface area (Å²) >= 11 is 1.88. The molecule has 0 saturated heterocycles. The molecule has 0 aromatic carbocycles. The van der Waals surface area contributed by atoms with E-state index in [2.05, 4.69) is 60.2 Å². The lowest BCUT2D eigenvalue weighted by Gasteiger charge is -2.15. The Morgan fingerprint density at radius 1 is 1.27 bits per heavy atom. The summed E-state index contributed by atoms with van der Waals surface area (Å²) < 4.78 is 1.76. The van der Waals surface area contributed by atoms with Crippen LogP contribution in [0.4, 0.5) is 5.82 Å². The van der Waals surface area contributed by atoms with Gasteiger partial charge < -0.3 is 5.32 Å². The van der Waals surface area contributed by atoms with E-state index >= 15 is 0 Å². The predicted octanol–water partition coefficient (Wildman–Crippen LogP) is 3.79. The molecule has 22 heavy (non-hydrogen) atoms. The molecule has 0 aliphatic heterocycles. The third kappa shape index (κ3) is 2.70. The Morgan fingerprint density at radius 2 is 2.09 bits per heavy atom. The van der Waals surface area contributed by atoms with Crippen LogP contribution in [-0.2, 0) is 12.8 Å². The molecule has 3 aromatic heterocycles. The van der Waals surface area contributed by atoms with Gasteiger partial charge in [0.2, 0.25) is 0 Å². The first kappa shape index (κ1) is 15.0. The lowest BCUT2D eigenvalue weighted by molar-refractivity contribution is 0.845. The van der Waals surface area contributed by atoms with Crippen molar-refractivity contribution in [2.24, 2.45) is 0 Å². The van der Waals surface area contributed by atoms with E-state index in [0.29, 0.717) is 5.78 Å². The van der Waals surface area contributed by atoms with Crippen molar-refractivity contribution in [2.45, 2.75) is 46.6 Å². The molecule has 1 atom stereocenters. The fourth-order valence-electron chi connectivity index (χ4n) is 2.55. The zero-order valence-corrected chi connectivity index (χ0v) is 14.2. The molecule has 0 radical (unpaired) electrons. The van der Waals surface area contributed by atoms with Crippen molar-refractivity contribution in [2.75, 3.05) is 5.32 Å². The molecule has 0 saturated carbocycles. The molecule has 1 unspecified atom stereocenters. The highest BCUT2D eigenvalue weighted by Gasteiger charge is 2.14. The lowest BCUT2D eigenvalue weighted by Crippen LogP contribution is -2.11. The summed E-state index contributed by atoms with van der Waals surface area (Å²) in [6, 6.07) is 4.56. The van der Waals surface area contributed by atoms with Crippen molar-refractivity contribution in [3.63, 3.8) is 0 Å². The first-order chi connectivity index (χ1) is 10.6. The second-order valence-corrected chi connectivity index (χ2v) is 6.60. The van der Waals surface area contributed by atoms with Gasteiger partial charge in [-0.15, -0.1) is 11.3 Å². The SMILES string of the molecule is CCc1cc(NC(C)c2cc(C)c(CC)s2)n2ncnc2n1. The van der Waals surface area contributed by atoms with Gasteiger partial charge in [-0.05, 0) is 38.3 Å². The molecule has 5 nitrogen and oxygen atoms in total. The number of nitrogens with one attached hydrogen (secondary N) is 1. The van der Waals surface area contributed by atoms with Gasteiger partial charge in [-0.3, -0.25) is 0 Å². The van der Waals surface area contributed by atoms with E-state index in [1.807, 2.05) is 11.3 Å². The molecule has 3 aromatic rings. The van der Waals surface area contributed by atoms with Gasteiger partial charge in [0.15, 0.2) is 0 Å². The van der Waals surface area contributed by atoms with Crippen LogP contribution in [0.5, 0.6) is 0 Å². The van der Waals surface area contributed by atoms with E-state index in [-0.39, 0.29) is 6.04 Å². The van der Waals surface area contributed by atoms with E-state index in [4.69, 9.17) is 0 Å². The summed E-state index contributed by atoms with van der Waals surface area (Å²) in [5.74, 6) is 1.58. The fourth-order valence-corrected chi connectivity index (χ4v) is 3.67. The molecule has 3 rings (SSSR count). The highest BCUT2D eigenvalue weighted by molar-refractivity contribution is 7.12. The molecule has 0 spiro atoms. The molecule has 0 aliphatic rings. The van der Waals surface area contributed by atoms with E-state index < -0.39 is 0 Å². The van der Waals surface area contributed by atoms with Crippen LogP contribution in [0, 0.1) is 6.92 Å². The van der Waals surface area contributed by atoms with E-state index in [1.54, 1.807) is 10.8 Å². The number of rotatable bonds is 5. The number of nitrogens with zero attached hydrogens (tertiary/aromatic N) is 4. The molecule has 3 heterocycles. The Labute approximate surface area is 134 Å². The normalized spacial score (nSPS) is 12.7. The van der Waals surface area contributed by atoms with E-state index in [0.717, 1.165) is 24.4 Å². The highest BCUT2D eigenvalue weighted by Crippen LogP contribution is 2.29. The minimum absolute atomic E-state index is 0.225. The number of fused-ring (bicyclic) bond motifs is 1. The van der Waals surface area contributed by atoms with Gasteiger partial charge in [-0.1, -0.05) is 13.8 Å². The number of hydrogen-bond donors (Lipinski definition) is 1. The maximum Gasteiger partial charge on any atom is 0.254 e. The fraction of sp³-hybridized carbons (Fsp3) is 0.438. The van der Waals surface area contributed by atoms with Crippen LogP contribution in [0.1, 0.15) is 47.8 Å². The van der Waals surface area contributed by atoms with Crippen LogP contribution in [0.2, 0.25) is 0 Å². The first-order valence-corrected chi connectivity index (χ1v) is 8.49. The van der Waals surface area contributed by atoms with Crippen molar-refractivity contribution in [3.8, 4) is 0 Å². The maximum atomic E-state index is 4.48. The Morgan fingerprint density at radius 3 is 2.77 bits per heavy atom. The summed E-state index contributed by atoms with van der Waals surface area (Å²) in [5, 5.41) is 7.82. The quantitative estimate of drug-likeness (QED) is 0.778. The molecule has 0 fully saturated rings. The summed E-state index contributed by atoms with van der Waals surface area (Å²) in [7, 11) is 0. The average molecular weight is 315 g/mol. The van der Waals surface area contributed by atoms with Crippen LogP contribution in [0.15, 0.2) is 18.5 Å². The molecule has 1 N–H and O–H groups in total. The topological polar surface area (TPSA) is 55.1 Å². The van der Waals surface area contributed by atoms with Crippen LogP contribution < -0.4 is 5.32 Å². The molecule has 116 valence electrons. The van der Waals surface area contributed by atoms with Crippen molar-refractivity contribution in [1.82, 2.24) is 19.6 Å². The van der Waals surface area contributed by atoms with Gasteiger partial charge in [0.1, 0.15) is 12.1 Å². The minimum atomic E-state index is 0.225. The Hall–Kier alpha value is -1.95. The third-order valence-electron chi connectivity index (χ3n) is 3.82. The lowest BCUT2D eigenvalue weighted by atomic mass is 10.2. The number of hydrogen-bond acceptors (Lipinski definition) is 5. The Bertz CT molecular complexity index is 789. The number of aryl methyl sites for hydroxylation is 3. The number of aromatic nitrogens is 4. The van der Waals surface area contributed by atoms with Gasteiger partial charge in [-0.2, -0.15) is 14.6 Å². The second-order valence-electron chi connectivity index (χ2n) is 5.43. The van der Waals surface area contributed by atoms with Crippen molar-refractivity contribution >= 4 is 22.9 Å². The molecular formula is C16H21N5S. The van der Waals surface area contributed by atoms with E-state index in [9.17, 15) is 0 Å². The minimum Gasteiger partial charge on any atom is -0.363 e. The highest BCUT2D eigenvalue weighted by atomic mass is 32.1. The van der Waals surface area contributed by atoms with Crippen LogP contribution in [-0.4, -0.2) is 19.6 Å². The zero-order chi connectivity index (χ0) is 15.7. The smallest absolute Gasteiger partial charge is 0.254 e. The number of thiophene rings is 1. The summed E-state index contributed by atoms with van der Waals surface area (Å²) in [6.45, 7) is 8.66. The standard InChI is InChI=1S/C16H21N5S/c1-5-12-8-15(21-16(20-12)17-9-18-21)19-11(4)14-7-10(3)13(6-2)22-14/h7-9,11,19H,5-6H2,1-4H3. The predicted molar refractivity (Wildman–Crippen MR) is 90.6 cm³/mol. The zero-order valence-electron chi connectivity index (χ0n) is 13.4. The Kier molecular flexibility index (Phi) is 4.11. The molecular weight excluding hydrogens is 294 g/mol. The molecule has 0 amide bonds. The summed E-state index contributed by atoms with van der Waals surface area (Å²) in [6.07, 6.45) is 3.51. The monoisotopic (exact) mass is 315 g/mol. The van der Waals surface area contributed by atoms with Gasteiger partial charge in [-0.25, -0.2) is 4.98 Å². The van der Waals surface area contributed by atoms with Crippen molar-refractivity contribution in [1.29, 1.82) is 0 Å². The first-order valence-electron chi connectivity index (χ1n) is 7.67. The third-order valence-corrected chi connectivity index (χ3v) is 5.38. The largest absolute Gasteiger partial charge is 0.363 e. The van der Waals surface area contributed by atoms with Gasteiger partial charge in [0.05, 0.1) is 6.04 Å². The van der Waals surface area contributed by atoms with E-state index in [1.165, 1.54) is 15.3 Å². The second kappa shape index (κ2) is 6.04. The number of anilines is 1. The van der Waals surface area contributed by atoms with Gasteiger partial charge >= 0.3 is 0 Å². The van der Waals surface area contributed by atoms with Crippen LogP contribution in [0.3, 0.4) is 0 Å². The molecule has 0 bridgehead atoms. The van der Waals surface area contributed by atoms with Gasteiger partial charge in [0, 0.05) is 21.5 Å². The summed E-state index contributed by atoms with van der Waals surface area (Å²) in [4.78, 5) is 11.5. The Balaban J connectivity index is 1.92. The average Bonchev–Trinajstić information content (AvgIpc) is 3.13.